The number of nitrogens with zero attached hydrogens (tertiary/aromatic N) is 1. The molecule has 1 aliphatic rings. The molecule has 2 heterocycles. The van der Waals surface area contributed by atoms with E-state index in [1.54, 1.807) is 24.3 Å². The second kappa shape index (κ2) is 5.88. The number of halogens is 1. The first-order valence-electron chi connectivity index (χ1n) is 6.96. The molecule has 114 valence electrons. The van der Waals surface area contributed by atoms with E-state index in [4.69, 9.17) is 5.11 Å². The number of benzene rings is 1. The molecule has 6 heteroatoms. The van der Waals surface area contributed by atoms with Crippen LogP contribution in [0.1, 0.15) is 22.5 Å². The number of likely N-dealkylation sites (tertiary alicyclic amines) is 1. The number of carbonyl (C=O) groups excluding carboxylic acids is 1. The summed E-state index contributed by atoms with van der Waals surface area (Å²) in [4.78, 5) is 26.4. The fraction of sp³-hybridized carbons (Fsp3) is 0.250. The molecule has 0 bridgehead atoms. The van der Waals surface area contributed by atoms with Gasteiger partial charge in [0.2, 0.25) is 0 Å². The number of amides is 1. The monoisotopic (exact) mass is 319 g/mol. The summed E-state index contributed by atoms with van der Waals surface area (Å²) in [7, 11) is 0. The van der Waals surface area contributed by atoms with Crippen LogP contribution in [-0.4, -0.2) is 34.5 Å². The van der Waals surface area contributed by atoms with Crippen molar-refractivity contribution in [1.29, 1.82) is 0 Å². The van der Waals surface area contributed by atoms with E-state index < -0.39 is 12.0 Å². The first-order chi connectivity index (χ1) is 10.6. The van der Waals surface area contributed by atoms with Gasteiger partial charge in [0.1, 0.15) is 11.9 Å². The molecule has 1 amide bonds. The molecule has 0 aliphatic carbocycles. The van der Waals surface area contributed by atoms with Crippen LogP contribution in [0.5, 0.6) is 0 Å². The van der Waals surface area contributed by atoms with Crippen molar-refractivity contribution in [1.82, 2.24) is 4.90 Å². The lowest BCUT2D eigenvalue weighted by Crippen LogP contribution is -2.40. The van der Waals surface area contributed by atoms with Crippen molar-refractivity contribution >= 4 is 23.2 Å². The van der Waals surface area contributed by atoms with Crippen LogP contribution in [0.3, 0.4) is 0 Å². The maximum atomic E-state index is 12.9. The Morgan fingerprint density at radius 3 is 2.59 bits per heavy atom. The molecular formula is C16H14FNO3S. The van der Waals surface area contributed by atoms with Crippen molar-refractivity contribution in [2.75, 3.05) is 6.54 Å². The van der Waals surface area contributed by atoms with Gasteiger partial charge in [-0.3, -0.25) is 4.79 Å². The quantitative estimate of drug-likeness (QED) is 0.945. The lowest BCUT2D eigenvalue weighted by atomic mass is 10.2. The van der Waals surface area contributed by atoms with Crippen molar-refractivity contribution in [3.63, 3.8) is 0 Å². The number of thiophene rings is 1. The highest BCUT2D eigenvalue weighted by molar-refractivity contribution is 7.17. The normalized spacial score (nSPS) is 17.7. The number of hydrogen-bond donors (Lipinski definition) is 1. The molecule has 1 aromatic heterocycles. The van der Waals surface area contributed by atoms with Crippen LogP contribution in [0.2, 0.25) is 0 Å². The molecule has 1 aromatic carbocycles. The topological polar surface area (TPSA) is 57.6 Å². The van der Waals surface area contributed by atoms with Gasteiger partial charge < -0.3 is 10.0 Å². The zero-order valence-corrected chi connectivity index (χ0v) is 12.5. The SMILES string of the molecule is O=C(O)[C@H]1CCCN1C(=O)c1ccc(-c2ccc(F)cc2)s1. The van der Waals surface area contributed by atoms with Gasteiger partial charge in [-0.05, 0) is 42.7 Å². The Hall–Kier alpha value is -2.21. The Morgan fingerprint density at radius 2 is 1.91 bits per heavy atom. The standard InChI is InChI=1S/C16H14FNO3S/c17-11-5-3-10(4-6-11)13-7-8-14(22-13)15(19)18-9-1-2-12(18)16(20)21/h3-8,12H,1-2,9H2,(H,20,21)/t12-/m1/s1. The van der Waals surface area contributed by atoms with Gasteiger partial charge in [0.25, 0.3) is 5.91 Å². The number of rotatable bonds is 3. The van der Waals surface area contributed by atoms with Crippen LogP contribution < -0.4 is 0 Å². The van der Waals surface area contributed by atoms with E-state index in [0.29, 0.717) is 24.3 Å². The van der Waals surface area contributed by atoms with Gasteiger partial charge in [-0.15, -0.1) is 11.3 Å². The molecular weight excluding hydrogens is 305 g/mol. The number of aliphatic carboxylic acids is 1. The summed E-state index contributed by atoms with van der Waals surface area (Å²) in [6.45, 7) is 0.472. The van der Waals surface area contributed by atoms with Gasteiger partial charge >= 0.3 is 5.97 Å². The largest absolute Gasteiger partial charge is 0.480 e. The molecule has 1 N–H and O–H groups in total. The summed E-state index contributed by atoms with van der Waals surface area (Å²) in [5.41, 5.74) is 0.835. The third kappa shape index (κ3) is 2.74. The number of carboxylic acid groups (broad SMARTS) is 1. The van der Waals surface area contributed by atoms with Crippen LogP contribution in [0.25, 0.3) is 10.4 Å². The van der Waals surface area contributed by atoms with E-state index >= 15 is 0 Å². The maximum absolute atomic E-state index is 12.9. The third-order valence-corrected chi connectivity index (χ3v) is 4.87. The van der Waals surface area contributed by atoms with E-state index in [0.717, 1.165) is 10.4 Å². The van der Waals surface area contributed by atoms with Crippen molar-refractivity contribution in [2.45, 2.75) is 18.9 Å². The Balaban J connectivity index is 1.82. The Labute approximate surface area is 130 Å². The summed E-state index contributed by atoms with van der Waals surface area (Å²) < 4.78 is 12.9. The van der Waals surface area contributed by atoms with Gasteiger partial charge in [-0.2, -0.15) is 0 Å². The van der Waals surface area contributed by atoms with Crippen LogP contribution in [0, 0.1) is 5.82 Å². The fourth-order valence-electron chi connectivity index (χ4n) is 2.63. The van der Waals surface area contributed by atoms with Gasteiger partial charge in [-0.1, -0.05) is 12.1 Å². The zero-order valence-electron chi connectivity index (χ0n) is 11.7. The summed E-state index contributed by atoms with van der Waals surface area (Å²) >= 11 is 1.29. The molecule has 0 saturated carbocycles. The summed E-state index contributed by atoms with van der Waals surface area (Å²) in [5.74, 6) is -1.51. The first kappa shape index (κ1) is 14.7. The van der Waals surface area contributed by atoms with Crippen molar-refractivity contribution in [3.8, 4) is 10.4 Å². The average Bonchev–Trinajstić information content (AvgIpc) is 3.17. The molecule has 1 aliphatic heterocycles. The third-order valence-electron chi connectivity index (χ3n) is 3.74. The number of hydrogen-bond acceptors (Lipinski definition) is 3. The molecule has 0 radical (unpaired) electrons. The number of carboxylic acids is 1. The highest BCUT2D eigenvalue weighted by atomic mass is 32.1. The molecule has 22 heavy (non-hydrogen) atoms. The fourth-order valence-corrected chi connectivity index (χ4v) is 3.60. The van der Waals surface area contributed by atoms with Crippen molar-refractivity contribution in [2.24, 2.45) is 0 Å². The smallest absolute Gasteiger partial charge is 0.326 e. The lowest BCUT2D eigenvalue weighted by molar-refractivity contribution is -0.141. The highest BCUT2D eigenvalue weighted by Gasteiger charge is 2.34. The van der Waals surface area contributed by atoms with E-state index in [1.165, 1.54) is 28.4 Å². The van der Waals surface area contributed by atoms with Gasteiger partial charge in [0, 0.05) is 11.4 Å². The molecule has 0 spiro atoms. The molecule has 2 aromatic rings. The van der Waals surface area contributed by atoms with Crippen LogP contribution in [0.4, 0.5) is 4.39 Å². The predicted octanol–water partition coefficient (Wildman–Crippen LogP) is 3.24. The average molecular weight is 319 g/mol. The molecule has 4 nitrogen and oxygen atoms in total. The Bertz CT molecular complexity index is 710. The van der Waals surface area contributed by atoms with Crippen LogP contribution >= 0.6 is 11.3 Å². The summed E-state index contributed by atoms with van der Waals surface area (Å²) in [5, 5.41) is 9.16. The summed E-state index contributed by atoms with van der Waals surface area (Å²) in [6.07, 6.45) is 1.20. The maximum Gasteiger partial charge on any atom is 0.326 e. The zero-order chi connectivity index (χ0) is 15.7. The highest BCUT2D eigenvalue weighted by Crippen LogP contribution is 2.30. The van der Waals surface area contributed by atoms with Crippen molar-refractivity contribution in [3.05, 3.63) is 47.1 Å². The molecule has 1 atom stereocenters. The van der Waals surface area contributed by atoms with Crippen LogP contribution in [-0.2, 0) is 4.79 Å². The summed E-state index contributed by atoms with van der Waals surface area (Å²) in [6, 6.07) is 8.83. The van der Waals surface area contributed by atoms with E-state index in [-0.39, 0.29) is 11.7 Å². The first-order valence-corrected chi connectivity index (χ1v) is 7.77. The van der Waals surface area contributed by atoms with Gasteiger partial charge in [0.15, 0.2) is 0 Å². The lowest BCUT2D eigenvalue weighted by Gasteiger charge is -2.20. The molecule has 3 rings (SSSR count). The van der Waals surface area contributed by atoms with Crippen molar-refractivity contribution < 1.29 is 19.1 Å². The van der Waals surface area contributed by atoms with Gasteiger partial charge in [0.05, 0.1) is 4.88 Å². The second-order valence-corrected chi connectivity index (χ2v) is 6.25. The van der Waals surface area contributed by atoms with E-state index in [2.05, 4.69) is 0 Å². The molecule has 0 unspecified atom stereocenters. The Morgan fingerprint density at radius 1 is 1.18 bits per heavy atom. The minimum atomic E-state index is -0.957. The predicted molar refractivity (Wildman–Crippen MR) is 81.4 cm³/mol. The van der Waals surface area contributed by atoms with Gasteiger partial charge in [-0.25, -0.2) is 9.18 Å². The second-order valence-electron chi connectivity index (χ2n) is 5.17. The minimum absolute atomic E-state index is 0.247. The minimum Gasteiger partial charge on any atom is -0.480 e. The molecule has 1 fully saturated rings. The van der Waals surface area contributed by atoms with E-state index in [1.807, 2.05) is 0 Å². The van der Waals surface area contributed by atoms with Crippen LogP contribution in [0.15, 0.2) is 36.4 Å². The Kier molecular flexibility index (Phi) is 3.94. The molecule has 1 saturated heterocycles. The number of carbonyl (C=O) groups is 2. The van der Waals surface area contributed by atoms with E-state index in [9.17, 15) is 14.0 Å².